The number of nitrogens with zero attached hydrogens (tertiary/aromatic N) is 1. The summed E-state index contributed by atoms with van der Waals surface area (Å²) in [5.41, 5.74) is 0.909. The van der Waals surface area contributed by atoms with E-state index in [4.69, 9.17) is 16.3 Å². The second-order valence-electron chi connectivity index (χ2n) is 6.14. The van der Waals surface area contributed by atoms with Gasteiger partial charge in [0.1, 0.15) is 6.10 Å². The van der Waals surface area contributed by atoms with Gasteiger partial charge in [0, 0.05) is 18.0 Å². The van der Waals surface area contributed by atoms with Gasteiger partial charge in [-0.2, -0.15) is 0 Å². The molecule has 0 spiro atoms. The van der Waals surface area contributed by atoms with Crippen LogP contribution in [-0.4, -0.2) is 44.7 Å². The molecule has 2 aromatic rings. The van der Waals surface area contributed by atoms with Crippen molar-refractivity contribution < 1.29 is 17.9 Å². The van der Waals surface area contributed by atoms with Gasteiger partial charge in [0.2, 0.25) is 5.91 Å². The Bertz CT molecular complexity index is 870. The molecule has 1 aliphatic rings. The van der Waals surface area contributed by atoms with Gasteiger partial charge < -0.3 is 9.64 Å². The first-order valence-corrected chi connectivity index (χ1v) is 10.4. The second-order valence-corrected chi connectivity index (χ2v) is 8.68. The van der Waals surface area contributed by atoms with Gasteiger partial charge in [-0.05, 0) is 29.8 Å². The van der Waals surface area contributed by atoms with E-state index in [-0.39, 0.29) is 29.1 Å². The number of carbonyl (C=O) groups excluding carboxylic acids is 1. The van der Waals surface area contributed by atoms with Crippen molar-refractivity contribution in [2.45, 2.75) is 17.4 Å². The quantitative estimate of drug-likeness (QED) is 0.783. The third kappa shape index (κ3) is 4.63. The van der Waals surface area contributed by atoms with E-state index in [0.29, 0.717) is 24.7 Å². The normalized spacial score (nSPS) is 17.9. The SMILES string of the molecule is O=C(CCS(=O)(=O)c1ccccc1)N1CCOC(c2cccc(Cl)c2)C1. The van der Waals surface area contributed by atoms with E-state index in [1.54, 1.807) is 41.3 Å². The highest BCUT2D eigenvalue weighted by atomic mass is 35.5. The molecule has 1 saturated heterocycles. The molecular formula is C19H20ClNO4S. The van der Waals surface area contributed by atoms with Crippen LogP contribution in [0.2, 0.25) is 5.02 Å². The summed E-state index contributed by atoms with van der Waals surface area (Å²) in [7, 11) is -3.46. The lowest BCUT2D eigenvalue weighted by molar-refractivity contribution is -0.138. The van der Waals surface area contributed by atoms with Crippen LogP contribution in [0, 0.1) is 0 Å². The molecular weight excluding hydrogens is 374 g/mol. The van der Waals surface area contributed by atoms with E-state index < -0.39 is 9.84 Å². The molecule has 2 aromatic carbocycles. The van der Waals surface area contributed by atoms with Crippen molar-refractivity contribution in [2.24, 2.45) is 0 Å². The Morgan fingerprint density at radius 3 is 2.65 bits per heavy atom. The highest BCUT2D eigenvalue weighted by Crippen LogP contribution is 2.25. The summed E-state index contributed by atoms with van der Waals surface area (Å²) >= 11 is 6.02. The number of sulfone groups is 1. The van der Waals surface area contributed by atoms with Crippen molar-refractivity contribution in [1.82, 2.24) is 4.90 Å². The molecule has 0 saturated carbocycles. The Balaban J connectivity index is 1.61. The molecule has 1 amide bonds. The van der Waals surface area contributed by atoms with Gasteiger partial charge in [0.15, 0.2) is 9.84 Å². The smallest absolute Gasteiger partial charge is 0.223 e. The average molecular weight is 394 g/mol. The monoisotopic (exact) mass is 393 g/mol. The van der Waals surface area contributed by atoms with Crippen LogP contribution in [0.5, 0.6) is 0 Å². The largest absolute Gasteiger partial charge is 0.370 e. The lowest BCUT2D eigenvalue weighted by Gasteiger charge is -2.33. The maximum Gasteiger partial charge on any atom is 0.223 e. The Labute approximate surface area is 158 Å². The summed E-state index contributed by atoms with van der Waals surface area (Å²) in [6.45, 7) is 1.26. The molecule has 1 aliphatic heterocycles. The molecule has 0 radical (unpaired) electrons. The fourth-order valence-electron chi connectivity index (χ4n) is 2.91. The van der Waals surface area contributed by atoms with Crippen LogP contribution in [0.15, 0.2) is 59.5 Å². The molecule has 1 unspecified atom stereocenters. The number of hydrogen-bond acceptors (Lipinski definition) is 4. The van der Waals surface area contributed by atoms with E-state index in [2.05, 4.69) is 0 Å². The number of carbonyl (C=O) groups is 1. The molecule has 3 rings (SSSR count). The standard InChI is InChI=1S/C19H20ClNO4S/c20-16-6-4-5-15(13-16)18-14-21(10-11-25-18)19(22)9-12-26(23,24)17-7-2-1-3-8-17/h1-8,13,18H,9-12,14H2. The fraction of sp³-hybridized carbons (Fsp3) is 0.316. The minimum Gasteiger partial charge on any atom is -0.370 e. The number of hydrogen-bond donors (Lipinski definition) is 0. The first-order valence-electron chi connectivity index (χ1n) is 8.38. The molecule has 0 bridgehead atoms. The Kier molecular flexibility index (Phi) is 5.96. The Hall–Kier alpha value is -1.89. The highest BCUT2D eigenvalue weighted by Gasteiger charge is 2.26. The second kappa shape index (κ2) is 8.20. The van der Waals surface area contributed by atoms with Crippen LogP contribution in [0.25, 0.3) is 0 Å². The maximum atomic E-state index is 12.5. The van der Waals surface area contributed by atoms with Crippen LogP contribution >= 0.6 is 11.6 Å². The van der Waals surface area contributed by atoms with Gasteiger partial charge in [0.25, 0.3) is 0 Å². The molecule has 1 heterocycles. The van der Waals surface area contributed by atoms with Crippen molar-refractivity contribution in [2.75, 3.05) is 25.4 Å². The summed E-state index contributed by atoms with van der Waals surface area (Å²) in [6.07, 6.45) is -0.295. The predicted molar refractivity (Wildman–Crippen MR) is 99.8 cm³/mol. The summed E-state index contributed by atoms with van der Waals surface area (Å²) in [5.74, 6) is -0.380. The number of halogens is 1. The molecule has 1 atom stereocenters. The lowest BCUT2D eigenvalue weighted by Crippen LogP contribution is -2.42. The third-order valence-electron chi connectivity index (χ3n) is 4.33. The van der Waals surface area contributed by atoms with Gasteiger partial charge in [0.05, 0.1) is 23.8 Å². The zero-order valence-electron chi connectivity index (χ0n) is 14.2. The molecule has 7 heteroatoms. The van der Waals surface area contributed by atoms with Crippen molar-refractivity contribution >= 4 is 27.3 Å². The summed E-state index contributed by atoms with van der Waals surface area (Å²) in [6, 6.07) is 15.5. The van der Waals surface area contributed by atoms with E-state index in [9.17, 15) is 13.2 Å². The minimum atomic E-state index is -3.46. The van der Waals surface area contributed by atoms with Crippen LogP contribution in [0.4, 0.5) is 0 Å². The van der Waals surface area contributed by atoms with Crippen molar-refractivity contribution in [3.05, 3.63) is 65.2 Å². The minimum absolute atomic E-state index is 0.0422. The topological polar surface area (TPSA) is 63.7 Å². The molecule has 0 aliphatic carbocycles. The number of morpholine rings is 1. The van der Waals surface area contributed by atoms with Gasteiger partial charge in [-0.1, -0.05) is 41.9 Å². The fourth-order valence-corrected chi connectivity index (χ4v) is 4.36. The van der Waals surface area contributed by atoms with E-state index in [0.717, 1.165) is 5.56 Å². The third-order valence-corrected chi connectivity index (χ3v) is 6.29. The first-order chi connectivity index (χ1) is 12.5. The van der Waals surface area contributed by atoms with Crippen LogP contribution in [0.3, 0.4) is 0 Å². The van der Waals surface area contributed by atoms with Crippen molar-refractivity contribution in [3.63, 3.8) is 0 Å². The average Bonchev–Trinajstić information content (AvgIpc) is 2.67. The molecule has 138 valence electrons. The zero-order valence-corrected chi connectivity index (χ0v) is 15.7. The Morgan fingerprint density at radius 1 is 1.15 bits per heavy atom. The Morgan fingerprint density at radius 2 is 1.92 bits per heavy atom. The van der Waals surface area contributed by atoms with E-state index in [1.165, 1.54) is 0 Å². The molecule has 5 nitrogen and oxygen atoms in total. The van der Waals surface area contributed by atoms with Gasteiger partial charge in [-0.25, -0.2) is 8.42 Å². The number of amides is 1. The number of ether oxygens (including phenoxy) is 1. The lowest BCUT2D eigenvalue weighted by atomic mass is 10.1. The molecule has 1 fully saturated rings. The zero-order chi connectivity index (χ0) is 18.6. The van der Waals surface area contributed by atoms with Crippen molar-refractivity contribution in [1.29, 1.82) is 0 Å². The summed E-state index contributed by atoms with van der Waals surface area (Å²) in [5, 5.41) is 0.614. The van der Waals surface area contributed by atoms with E-state index >= 15 is 0 Å². The summed E-state index contributed by atoms with van der Waals surface area (Å²) in [4.78, 5) is 14.4. The predicted octanol–water partition coefficient (Wildman–Crippen LogP) is 3.10. The van der Waals surface area contributed by atoms with Gasteiger partial charge in [-0.15, -0.1) is 0 Å². The number of benzene rings is 2. The van der Waals surface area contributed by atoms with Gasteiger partial charge >= 0.3 is 0 Å². The molecule has 26 heavy (non-hydrogen) atoms. The van der Waals surface area contributed by atoms with Crippen LogP contribution < -0.4 is 0 Å². The van der Waals surface area contributed by atoms with Crippen LogP contribution in [0.1, 0.15) is 18.1 Å². The molecule has 0 aromatic heterocycles. The molecule has 0 N–H and O–H groups in total. The van der Waals surface area contributed by atoms with Crippen molar-refractivity contribution in [3.8, 4) is 0 Å². The van der Waals surface area contributed by atoms with Crippen LogP contribution in [-0.2, 0) is 19.4 Å². The first kappa shape index (κ1) is 18.9. The van der Waals surface area contributed by atoms with Gasteiger partial charge in [-0.3, -0.25) is 4.79 Å². The number of rotatable bonds is 5. The summed E-state index contributed by atoms with van der Waals surface area (Å²) < 4.78 is 30.4. The van der Waals surface area contributed by atoms with E-state index in [1.807, 2.05) is 18.2 Å². The maximum absolute atomic E-state index is 12.5. The highest BCUT2D eigenvalue weighted by molar-refractivity contribution is 7.91.